The van der Waals surface area contributed by atoms with E-state index < -0.39 is 22.1 Å². The minimum absolute atomic E-state index is 0.000851. The van der Waals surface area contributed by atoms with E-state index in [2.05, 4.69) is 25.4 Å². The highest BCUT2D eigenvalue weighted by Gasteiger charge is 2.23. The molecule has 0 bridgehead atoms. The smallest absolute Gasteiger partial charge is 0.329 e. The fourth-order valence-corrected chi connectivity index (χ4v) is 3.94. The summed E-state index contributed by atoms with van der Waals surface area (Å²) < 4.78 is 2.95. The van der Waals surface area contributed by atoms with Crippen LogP contribution in [0.3, 0.4) is 0 Å². The Morgan fingerprint density at radius 1 is 1.29 bits per heavy atom. The summed E-state index contributed by atoms with van der Waals surface area (Å²) in [5.74, 6) is 0.142. The number of hydrazone groups is 1. The third-order valence-electron chi connectivity index (χ3n) is 5.67. The number of amides is 1. The number of carbonyl (C=O) groups is 1. The third kappa shape index (κ3) is 4.72. The first-order valence-electron chi connectivity index (χ1n) is 10.9. The summed E-state index contributed by atoms with van der Waals surface area (Å²) in [5, 5.41) is 14.7. The van der Waals surface area contributed by atoms with Gasteiger partial charge in [-0.15, -0.1) is 0 Å². The van der Waals surface area contributed by atoms with Gasteiger partial charge in [-0.3, -0.25) is 29.3 Å². The number of fused-ring (bicyclic) bond motifs is 1. The summed E-state index contributed by atoms with van der Waals surface area (Å²) in [6.07, 6.45) is 4.41. The first kappa shape index (κ1) is 22.9. The first-order chi connectivity index (χ1) is 16.3. The average Bonchev–Trinajstić information content (AvgIpc) is 3.22. The van der Waals surface area contributed by atoms with Crippen LogP contribution in [0.1, 0.15) is 31.2 Å². The molecule has 1 fully saturated rings. The van der Waals surface area contributed by atoms with E-state index in [-0.39, 0.29) is 29.8 Å². The van der Waals surface area contributed by atoms with Crippen LogP contribution in [0.25, 0.3) is 11.2 Å². The van der Waals surface area contributed by atoms with E-state index in [9.17, 15) is 24.5 Å². The summed E-state index contributed by atoms with van der Waals surface area (Å²) in [6.45, 7) is 1.70. The van der Waals surface area contributed by atoms with E-state index in [1.807, 2.05) is 0 Å². The van der Waals surface area contributed by atoms with Crippen LogP contribution in [0.15, 0.2) is 39.0 Å². The summed E-state index contributed by atoms with van der Waals surface area (Å²) in [4.78, 5) is 56.3. The molecule has 2 aromatic heterocycles. The summed E-state index contributed by atoms with van der Waals surface area (Å²) in [6, 6.07) is 5.86. The molecule has 1 aliphatic rings. The fraction of sp³-hybridized carbons (Fsp3) is 0.381. The van der Waals surface area contributed by atoms with Crippen molar-refractivity contribution in [2.45, 2.75) is 32.2 Å². The number of hydrogen-bond acceptors (Lipinski definition) is 8. The second kappa shape index (κ2) is 9.68. The number of rotatable bonds is 7. The number of carbonyl (C=O) groups excluding carboxylic acids is 1. The number of nitro groups is 1. The lowest BCUT2D eigenvalue weighted by Gasteiger charge is -2.28. The minimum Gasteiger partial charge on any atom is -0.342 e. The molecular formula is C21H24N8O5. The molecule has 0 saturated carbocycles. The minimum atomic E-state index is -0.557. The van der Waals surface area contributed by atoms with E-state index in [0.717, 1.165) is 32.4 Å². The zero-order chi connectivity index (χ0) is 24.2. The third-order valence-corrected chi connectivity index (χ3v) is 5.67. The topological polar surface area (TPSA) is 161 Å². The van der Waals surface area contributed by atoms with Crippen molar-refractivity contribution in [1.82, 2.24) is 24.5 Å². The number of hydrogen-bond donors (Lipinski definition) is 2. The lowest BCUT2D eigenvalue weighted by molar-refractivity contribution is -0.384. The van der Waals surface area contributed by atoms with E-state index in [4.69, 9.17) is 0 Å². The average molecular weight is 468 g/mol. The lowest BCUT2D eigenvalue weighted by Crippen LogP contribution is -2.33. The molecule has 34 heavy (non-hydrogen) atoms. The molecule has 3 heterocycles. The van der Waals surface area contributed by atoms with Crippen LogP contribution in [0.4, 0.5) is 11.6 Å². The largest absolute Gasteiger partial charge is 0.342 e. The predicted octanol–water partition coefficient (Wildman–Crippen LogP) is 0.862. The predicted molar refractivity (Wildman–Crippen MR) is 125 cm³/mol. The molecule has 13 nitrogen and oxygen atoms in total. The van der Waals surface area contributed by atoms with Crippen molar-refractivity contribution in [1.29, 1.82) is 0 Å². The Balaban J connectivity index is 1.53. The molecule has 1 aliphatic heterocycles. The van der Waals surface area contributed by atoms with Crippen LogP contribution in [0.2, 0.25) is 0 Å². The van der Waals surface area contributed by atoms with Gasteiger partial charge in [0.25, 0.3) is 11.2 Å². The lowest BCUT2D eigenvalue weighted by atomic mass is 10.1. The van der Waals surface area contributed by atoms with Gasteiger partial charge in [-0.2, -0.15) is 10.1 Å². The number of nitrogens with zero attached hydrogens (tertiary/aromatic N) is 6. The number of non-ortho nitro benzene ring substituents is 1. The molecule has 2 N–H and O–H groups in total. The van der Waals surface area contributed by atoms with E-state index in [0.29, 0.717) is 11.5 Å². The van der Waals surface area contributed by atoms with Crippen LogP contribution in [-0.4, -0.2) is 49.2 Å². The maximum Gasteiger partial charge on any atom is 0.329 e. The fourth-order valence-electron chi connectivity index (χ4n) is 3.94. The second-order valence-corrected chi connectivity index (χ2v) is 8.00. The van der Waals surface area contributed by atoms with Crippen LogP contribution < -0.4 is 21.6 Å². The number of nitro benzene ring substituents is 1. The van der Waals surface area contributed by atoms with Crippen LogP contribution in [0.5, 0.6) is 0 Å². The molecule has 0 unspecified atom stereocenters. The highest BCUT2D eigenvalue weighted by molar-refractivity contribution is 5.83. The maximum absolute atomic E-state index is 12.6. The van der Waals surface area contributed by atoms with Crippen molar-refractivity contribution in [3.8, 4) is 0 Å². The van der Waals surface area contributed by atoms with Crippen molar-refractivity contribution in [2.24, 2.45) is 12.1 Å². The Morgan fingerprint density at radius 2 is 2.06 bits per heavy atom. The van der Waals surface area contributed by atoms with E-state index >= 15 is 0 Å². The molecule has 0 radical (unpaired) electrons. The molecule has 178 valence electrons. The summed E-state index contributed by atoms with van der Waals surface area (Å²) in [7, 11) is 1.53. The molecule has 0 atom stereocenters. The van der Waals surface area contributed by atoms with Crippen LogP contribution in [-0.2, 0) is 18.4 Å². The van der Waals surface area contributed by atoms with Crippen molar-refractivity contribution in [2.75, 3.05) is 18.0 Å². The van der Waals surface area contributed by atoms with Crippen molar-refractivity contribution in [3.63, 3.8) is 0 Å². The number of aromatic amines is 1. The van der Waals surface area contributed by atoms with Crippen LogP contribution in [0, 0.1) is 10.1 Å². The van der Waals surface area contributed by atoms with Crippen molar-refractivity contribution in [3.05, 3.63) is 60.8 Å². The van der Waals surface area contributed by atoms with Gasteiger partial charge in [-0.05, 0) is 19.3 Å². The van der Waals surface area contributed by atoms with Gasteiger partial charge in [0.15, 0.2) is 11.2 Å². The number of piperidine rings is 1. The Morgan fingerprint density at radius 3 is 2.79 bits per heavy atom. The molecule has 0 aliphatic carbocycles. The zero-order valence-corrected chi connectivity index (χ0v) is 18.6. The van der Waals surface area contributed by atoms with E-state index in [1.54, 1.807) is 10.6 Å². The molecule has 1 aromatic carbocycles. The normalized spacial score (nSPS) is 14.1. The number of aromatic nitrogens is 4. The molecule has 1 amide bonds. The summed E-state index contributed by atoms with van der Waals surface area (Å²) >= 11 is 0. The van der Waals surface area contributed by atoms with Gasteiger partial charge in [-0.1, -0.05) is 12.1 Å². The van der Waals surface area contributed by atoms with E-state index in [1.165, 1.54) is 36.0 Å². The van der Waals surface area contributed by atoms with Gasteiger partial charge in [-0.25, -0.2) is 10.2 Å². The SMILES string of the molecule is Cn1c(=O)[nH]c(=O)c2c1nc(N1CCCCC1)n2CCC(=O)N/N=C/c1cccc([N+](=O)[O-])c1. The molecular weight excluding hydrogens is 444 g/mol. The second-order valence-electron chi connectivity index (χ2n) is 8.00. The van der Waals surface area contributed by atoms with Gasteiger partial charge < -0.3 is 9.47 Å². The molecule has 4 rings (SSSR count). The van der Waals surface area contributed by atoms with Crippen molar-refractivity contribution >= 4 is 34.9 Å². The molecule has 1 saturated heterocycles. The van der Waals surface area contributed by atoms with Gasteiger partial charge in [0.05, 0.1) is 11.1 Å². The monoisotopic (exact) mass is 468 g/mol. The number of anilines is 1. The summed E-state index contributed by atoms with van der Waals surface area (Å²) in [5.41, 5.74) is 2.17. The number of nitrogens with one attached hydrogen (secondary N) is 2. The number of imidazole rings is 1. The highest BCUT2D eigenvalue weighted by atomic mass is 16.6. The van der Waals surface area contributed by atoms with Gasteiger partial charge >= 0.3 is 5.69 Å². The molecule has 3 aromatic rings. The number of aryl methyl sites for hydroxylation is 2. The maximum atomic E-state index is 12.6. The van der Waals surface area contributed by atoms with Gasteiger partial charge in [0.1, 0.15) is 0 Å². The highest BCUT2D eigenvalue weighted by Crippen LogP contribution is 2.23. The number of H-pyrrole nitrogens is 1. The van der Waals surface area contributed by atoms with Crippen molar-refractivity contribution < 1.29 is 9.72 Å². The molecule has 0 spiro atoms. The quantitative estimate of drug-likeness (QED) is 0.295. The Hall–Kier alpha value is -4.29. The number of benzene rings is 1. The molecule has 13 heteroatoms. The Bertz CT molecular complexity index is 1380. The Kier molecular flexibility index (Phi) is 6.52. The standard InChI is InChI=1S/C21H24N8O5/c1-26-18-17(19(31)24-21(26)32)28(20(23-18)27-9-3-2-4-10-27)11-8-16(30)25-22-13-14-6-5-7-15(12-14)29(33)34/h5-7,12-13H,2-4,8-11H2,1H3,(H,25,30)(H,24,31,32)/b22-13+. The van der Waals surface area contributed by atoms with Gasteiger partial charge in [0, 0.05) is 50.8 Å². The zero-order valence-electron chi connectivity index (χ0n) is 18.6. The Labute approximate surface area is 192 Å². The van der Waals surface area contributed by atoms with Gasteiger partial charge in [0.2, 0.25) is 11.9 Å². The first-order valence-corrected chi connectivity index (χ1v) is 10.9. The van der Waals surface area contributed by atoms with Crippen LogP contribution >= 0.6 is 0 Å².